The van der Waals surface area contributed by atoms with Crippen molar-refractivity contribution in [2.75, 3.05) is 23.0 Å². The van der Waals surface area contributed by atoms with Gasteiger partial charge in [-0.3, -0.25) is 9.59 Å². The first kappa shape index (κ1) is 13.9. The molecule has 0 bridgehead atoms. The fourth-order valence-electron chi connectivity index (χ4n) is 2.52. The maximum Gasteiger partial charge on any atom is 0.268 e. The predicted octanol–water partition coefficient (Wildman–Crippen LogP) is 2.05. The molecule has 0 spiro atoms. The van der Waals surface area contributed by atoms with Crippen LogP contribution < -0.4 is 21.1 Å². The van der Waals surface area contributed by atoms with E-state index in [1.54, 1.807) is 36.4 Å². The first-order valence-corrected chi connectivity index (χ1v) is 6.84. The van der Waals surface area contributed by atoms with Crippen LogP contribution in [0, 0.1) is 0 Å². The summed E-state index contributed by atoms with van der Waals surface area (Å²) in [4.78, 5) is 26.3. The zero-order chi connectivity index (χ0) is 15.9. The van der Waals surface area contributed by atoms with Gasteiger partial charge in [0.2, 0.25) is 0 Å². The lowest BCUT2D eigenvalue weighted by atomic mass is 10.1. The molecule has 4 N–H and O–H groups in total. The van der Waals surface area contributed by atoms with Gasteiger partial charge < -0.3 is 16.2 Å². The molecule has 0 atom stereocenters. The summed E-state index contributed by atoms with van der Waals surface area (Å²) in [6.45, 7) is 2.22. The molecule has 1 aliphatic rings. The zero-order valence-electron chi connectivity index (χ0n) is 12.0. The lowest BCUT2D eigenvalue weighted by molar-refractivity contribution is 0.0925. The van der Waals surface area contributed by atoms with Crippen molar-refractivity contribution in [2.45, 2.75) is 6.92 Å². The Morgan fingerprint density at radius 3 is 2.55 bits per heavy atom. The SMILES string of the molecule is CCOc1ccc(N)cc1N1C(=O)c2cccc(N)c2C1=O. The van der Waals surface area contributed by atoms with Crippen LogP contribution in [0.4, 0.5) is 17.1 Å². The molecular formula is C16H15N3O3. The van der Waals surface area contributed by atoms with Gasteiger partial charge in [0.05, 0.1) is 23.4 Å². The number of nitrogens with two attached hydrogens (primary N) is 2. The summed E-state index contributed by atoms with van der Waals surface area (Å²) in [7, 11) is 0. The molecule has 6 heteroatoms. The Bertz CT molecular complexity index is 786. The fraction of sp³-hybridized carbons (Fsp3) is 0.125. The normalized spacial score (nSPS) is 13.4. The van der Waals surface area contributed by atoms with Crippen molar-refractivity contribution in [3.63, 3.8) is 0 Å². The molecule has 1 heterocycles. The molecule has 2 aromatic carbocycles. The summed E-state index contributed by atoms with van der Waals surface area (Å²) in [6.07, 6.45) is 0. The largest absolute Gasteiger partial charge is 0.492 e. The van der Waals surface area contributed by atoms with Crippen LogP contribution >= 0.6 is 0 Å². The van der Waals surface area contributed by atoms with Crippen molar-refractivity contribution in [3.05, 3.63) is 47.5 Å². The number of hydrogen-bond donors (Lipinski definition) is 2. The van der Waals surface area contributed by atoms with Crippen LogP contribution in [-0.2, 0) is 0 Å². The van der Waals surface area contributed by atoms with Gasteiger partial charge in [0.1, 0.15) is 5.75 Å². The minimum Gasteiger partial charge on any atom is -0.492 e. The summed E-state index contributed by atoms with van der Waals surface area (Å²) in [5, 5.41) is 0. The molecule has 0 radical (unpaired) electrons. The van der Waals surface area contributed by atoms with Gasteiger partial charge in [-0.2, -0.15) is 0 Å². The third-order valence-electron chi connectivity index (χ3n) is 3.47. The van der Waals surface area contributed by atoms with Gasteiger partial charge >= 0.3 is 0 Å². The number of nitrogen functional groups attached to an aromatic ring is 2. The van der Waals surface area contributed by atoms with E-state index in [1.165, 1.54) is 0 Å². The second-order valence-corrected chi connectivity index (χ2v) is 4.88. The number of carbonyl (C=O) groups is 2. The average Bonchev–Trinajstić information content (AvgIpc) is 2.74. The molecule has 1 aliphatic heterocycles. The van der Waals surface area contributed by atoms with E-state index in [0.717, 1.165) is 4.90 Å². The van der Waals surface area contributed by atoms with Crippen LogP contribution in [0.3, 0.4) is 0 Å². The smallest absolute Gasteiger partial charge is 0.268 e. The summed E-state index contributed by atoms with van der Waals surface area (Å²) in [6, 6.07) is 9.66. The minimum atomic E-state index is -0.468. The molecule has 0 aliphatic carbocycles. The monoisotopic (exact) mass is 297 g/mol. The first-order chi connectivity index (χ1) is 10.5. The van der Waals surface area contributed by atoms with E-state index in [9.17, 15) is 9.59 Å². The van der Waals surface area contributed by atoms with Gasteiger partial charge in [-0.15, -0.1) is 0 Å². The Morgan fingerprint density at radius 2 is 1.86 bits per heavy atom. The Labute approximate surface area is 127 Å². The van der Waals surface area contributed by atoms with Crippen LogP contribution in [0.5, 0.6) is 5.75 Å². The van der Waals surface area contributed by atoms with E-state index < -0.39 is 11.8 Å². The molecule has 0 saturated heterocycles. The second-order valence-electron chi connectivity index (χ2n) is 4.88. The highest BCUT2D eigenvalue weighted by Crippen LogP contribution is 2.37. The van der Waals surface area contributed by atoms with Crippen LogP contribution in [0.25, 0.3) is 0 Å². The second kappa shape index (κ2) is 5.07. The molecule has 112 valence electrons. The van der Waals surface area contributed by atoms with E-state index in [2.05, 4.69) is 0 Å². The number of rotatable bonds is 3. The third-order valence-corrected chi connectivity index (χ3v) is 3.47. The van der Waals surface area contributed by atoms with Crippen LogP contribution in [-0.4, -0.2) is 18.4 Å². The molecule has 3 rings (SSSR count). The van der Waals surface area contributed by atoms with Crippen LogP contribution in [0.2, 0.25) is 0 Å². The van der Waals surface area contributed by atoms with E-state index in [-0.39, 0.29) is 16.8 Å². The van der Waals surface area contributed by atoms with E-state index >= 15 is 0 Å². The van der Waals surface area contributed by atoms with Crippen molar-refractivity contribution in [3.8, 4) is 5.75 Å². The number of benzene rings is 2. The Morgan fingerprint density at radius 1 is 1.09 bits per heavy atom. The average molecular weight is 297 g/mol. The maximum absolute atomic E-state index is 12.6. The molecule has 2 aromatic rings. The number of hydrogen-bond acceptors (Lipinski definition) is 5. The zero-order valence-corrected chi connectivity index (χ0v) is 12.0. The highest BCUT2D eigenvalue weighted by Gasteiger charge is 2.39. The topological polar surface area (TPSA) is 98.7 Å². The van der Waals surface area contributed by atoms with Crippen molar-refractivity contribution < 1.29 is 14.3 Å². The summed E-state index contributed by atoms with van der Waals surface area (Å²) in [5.74, 6) is -0.478. The quantitative estimate of drug-likeness (QED) is 0.667. The molecule has 0 aromatic heterocycles. The number of carbonyl (C=O) groups excluding carboxylic acids is 2. The first-order valence-electron chi connectivity index (χ1n) is 6.84. The van der Waals surface area contributed by atoms with E-state index in [1.807, 2.05) is 6.92 Å². The van der Waals surface area contributed by atoms with Gasteiger partial charge in [0.25, 0.3) is 11.8 Å². The Balaban J connectivity index is 2.15. The third kappa shape index (κ3) is 1.96. The van der Waals surface area contributed by atoms with Gasteiger partial charge in [-0.25, -0.2) is 4.90 Å². The molecule has 0 fully saturated rings. The Hall–Kier alpha value is -3.02. The maximum atomic E-state index is 12.6. The highest BCUT2D eigenvalue weighted by atomic mass is 16.5. The number of fused-ring (bicyclic) bond motifs is 1. The standard InChI is InChI=1S/C16H15N3O3/c1-2-22-13-7-6-9(17)8-12(13)19-15(20)10-4-3-5-11(18)14(10)16(19)21/h3-8H,2,17-18H2,1H3. The fourth-order valence-corrected chi connectivity index (χ4v) is 2.52. The summed E-state index contributed by atoms with van der Waals surface area (Å²) in [5.41, 5.74) is 13.2. The van der Waals surface area contributed by atoms with Crippen molar-refractivity contribution in [1.82, 2.24) is 0 Å². The van der Waals surface area contributed by atoms with Crippen molar-refractivity contribution >= 4 is 28.9 Å². The Kier molecular flexibility index (Phi) is 3.21. The highest BCUT2D eigenvalue weighted by molar-refractivity contribution is 6.36. The summed E-state index contributed by atoms with van der Waals surface area (Å²) < 4.78 is 5.50. The number of anilines is 3. The number of ether oxygens (including phenoxy) is 1. The molecular weight excluding hydrogens is 282 g/mol. The lowest BCUT2D eigenvalue weighted by Crippen LogP contribution is -2.30. The molecule has 22 heavy (non-hydrogen) atoms. The minimum absolute atomic E-state index is 0.220. The van der Waals surface area contributed by atoms with Gasteiger partial charge in [0.15, 0.2) is 0 Å². The van der Waals surface area contributed by atoms with Crippen molar-refractivity contribution in [2.24, 2.45) is 0 Å². The molecule has 0 saturated carbocycles. The van der Waals surface area contributed by atoms with Crippen LogP contribution in [0.1, 0.15) is 27.6 Å². The van der Waals surface area contributed by atoms with Gasteiger partial charge in [-0.05, 0) is 37.3 Å². The van der Waals surface area contributed by atoms with Crippen molar-refractivity contribution in [1.29, 1.82) is 0 Å². The molecule has 2 amide bonds. The van der Waals surface area contributed by atoms with E-state index in [0.29, 0.717) is 23.7 Å². The number of nitrogens with zero attached hydrogens (tertiary/aromatic N) is 1. The van der Waals surface area contributed by atoms with Crippen LogP contribution in [0.15, 0.2) is 36.4 Å². The number of amides is 2. The van der Waals surface area contributed by atoms with Gasteiger partial charge in [0, 0.05) is 11.4 Å². The summed E-state index contributed by atoms with van der Waals surface area (Å²) >= 11 is 0. The van der Waals surface area contributed by atoms with E-state index in [4.69, 9.17) is 16.2 Å². The molecule has 0 unspecified atom stereocenters. The van der Waals surface area contributed by atoms with Gasteiger partial charge in [-0.1, -0.05) is 6.07 Å². The molecule has 6 nitrogen and oxygen atoms in total. The predicted molar refractivity (Wildman–Crippen MR) is 84.0 cm³/mol. The number of imide groups is 1. The lowest BCUT2D eigenvalue weighted by Gasteiger charge is -2.18.